The Hall–Kier alpha value is -2.43. The Morgan fingerprint density at radius 2 is 1.68 bits per heavy atom. The second kappa shape index (κ2) is 10.9. The quantitative estimate of drug-likeness (QED) is 0.410. The SMILES string of the molecule is CCOCC1Cc2ccccc2CN1C(c1c(C)cc(CC)cc1C)c1c(CC)n[nH]c1CC. The summed E-state index contributed by atoms with van der Waals surface area (Å²) in [6.07, 6.45) is 3.94. The van der Waals surface area contributed by atoms with Crippen LogP contribution >= 0.6 is 0 Å². The van der Waals surface area contributed by atoms with Gasteiger partial charge in [-0.25, -0.2) is 0 Å². The van der Waals surface area contributed by atoms with Crippen LogP contribution in [-0.2, 0) is 37.0 Å². The van der Waals surface area contributed by atoms with Gasteiger partial charge < -0.3 is 4.74 Å². The van der Waals surface area contributed by atoms with Gasteiger partial charge in [0.05, 0.1) is 18.3 Å². The lowest BCUT2D eigenvalue weighted by molar-refractivity contribution is 0.0387. The summed E-state index contributed by atoms with van der Waals surface area (Å²) in [6.45, 7) is 15.8. The predicted octanol–water partition coefficient (Wildman–Crippen LogP) is 6.27. The van der Waals surface area contributed by atoms with Crippen molar-refractivity contribution in [3.05, 3.63) is 86.7 Å². The van der Waals surface area contributed by atoms with Crippen LogP contribution in [0.5, 0.6) is 0 Å². The Morgan fingerprint density at radius 3 is 2.29 bits per heavy atom. The van der Waals surface area contributed by atoms with E-state index >= 15 is 0 Å². The smallest absolute Gasteiger partial charge is 0.0673 e. The van der Waals surface area contributed by atoms with Crippen LogP contribution in [0.25, 0.3) is 0 Å². The first-order valence-corrected chi connectivity index (χ1v) is 13.1. The highest BCUT2D eigenvalue weighted by Crippen LogP contribution is 2.41. The first kappa shape index (κ1) is 24.7. The summed E-state index contributed by atoms with van der Waals surface area (Å²) in [7, 11) is 0. The predicted molar refractivity (Wildman–Crippen MR) is 140 cm³/mol. The van der Waals surface area contributed by atoms with E-state index in [-0.39, 0.29) is 6.04 Å². The van der Waals surface area contributed by atoms with Crippen molar-refractivity contribution in [2.45, 2.75) is 85.9 Å². The normalized spacial score (nSPS) is 17.1. The summed E-state index contributed by atoms with van der Waals surface area (Å²) in [5.41, 5.74) is 12.3. The van der Waals surface area contributed by atoms with Crippen LogP contribution in [-0.4, -0.2) is 34.4 Å². The number of benzene rings is 2. The fraction of sp³-hybridized carbons (Fsp3) is 0.500. The Labute approximate surface area is 205 Å². The molecule has 0 aliphatic carbocycles. The van der Waals surface area contributed by atoms with Crippen LogP contribution in [0.2, 0.25) is 0 Å². The number of aryl methyl sites for hydroxylation is 5. The zero-order valence-corrected chi connectivity index (χ0v) is 21.9. The molecule has 2 unspecified atom stereocenters. The molecule has 4 rings (SSSR count). The lowest BCUT2D eigenvalue weighted by Crippen LogP contribution is -2.46. The number of aromatic amines is 1. The van der Waals surface area contributed by atoms with Crippen molar-refractivity contribution in [1.29, 1.82) is 0 Å². The Balaban J connectivity index is 1.93. The molecule has 0 saturated heterocycles. The van der Waals surface area contributed by atoms with Crippen molar-refractivity contribution in [2.24, 2.45) is 0 Å². The average Bonchev–Trinajstić information content (AvgIpc) is 3.27. The van der Waals surface area contributed by atoms with Gasteiger partial charge in [-0.1, -0.05) is 57.2 Å². The molecule has 4 heteroatoms. The van der Waals surface area contributed by atoms with Crippen LogP contribution < -0.4 is 0 Å². The highest BCUT2D eigenvalue weighted by Gasteiger charge is 2.37. The molecule has 3 aromatic rings. The molecule has 34 heavy (non-hydrogen) atoms. The minimum atomic E-state index is 0.147. The topological polar surface area (TPSA) is 41.1 Å². The molecule has 0 spiro atoms. The molecular weight excluding hydrogens is 418 g/mol. The Bertz CT molecular complexity index is 1070. The summed E-state index contributed by atoms with van der Waals surface area (Å²) in [4.78, 5) is 2.71. The van der Waals surface area contributed by atoms with Crippen molar-refractivity contribution in [3.63, 3.8) is 0 Å². The molecule has 1 aliphatic heterocycles. The molecule has 0 amide bonds. The molecule has 0 radical (unpaired) electrons. The Morgan fingerprint density at radius 1 is 0.971 bits per heavy atom. The van der Waals surface area contributed by atoms with E-state index in [2.05, 4.69) is 87.9 Å². The summed E-state index contributed by atoms with van der Waals surface area (Å²) >= 11 is 0. The molecule has 182 valence electrons. The number of nitrogens with zero attached hydrogens (tertiary/aromatic N) is 2. The average molecular weight is 460 g/mol. The lowest BCUT2D eigenvalue weighted by Gasteiger charge is -2.43. The standard InChI is InChI=1S/C30H41N3O/c1-7-22-15-20(5)28(21(6)16-22)30(29-26(8-2)31-32-27(29)9-3)33-18-24-14-12-11-13-23(24)17-25(33)19-34-10-4/h11-16,25,30H,7-10,17-19H2,1-6H3,(H,31,32). The van der Waals surface area contributed by atoms with Crippen molar-refractivity contribution >= 4 is 0 Å². The third-order valence-electron chi connectivity index (χ3n) is 7.50. The summed E-state index contributed by atoms with van der Waals surface area (Å²) in [5.74, 6) is 0. The third kappa shape index (κ3) is 4.71. The number of fused-ring (bicyclic) bond motifs is 1. The maximum atomic E-state index is 6.07. The van der Waals surface area contributed by atoms with E-state index in [0.29, 0.717) is 6.04 Å². The van der Waals surface area contributed by atoms with Gasteiger partial charge in [-0.15, -0.1) is 0 Å². The molecule has 0 fully saturated rings. The first-order chi connectivity index (χ1) is 16.5. The van der Waals surface area contributed by atoms with Gasteiger partial charge in [0.1, 0.15) is 0 Å². The zero-order chi connectivity index (χ0) is 24.2. The monoisotopic (exact) mass is 459 g/mol. The number of rotatable bonds is 9. The highest BCUT2D eigenvalue weighted by molar-refractivity contribution is 5.48. The third-order valence-corrected chi connectivity index (χ3v) is 7.50. The fourth-order valence-corrected chi connectivity index (χ4v) is 5.79. The van der Waals surface area contributed by atoms with Gasteiger partial charge in [0.15, 0.2) is 0 Å². The largest absolute Gasteiger partial charge is 0.380 e. The maximum Gasteiger partial charge on any atom is 0.0673 e. The molecular formula is C30H41N3O. The first-order valence-electron chi connectivity index (χ1n) is 13.1. The van der Waals surface area contributed by atoms with Crippen LogP contribution in [0.4, 0.5) is 0 Å². The second-order valence-electron chi connectivity index (χ2n) is 9.63. The highest BCUT2D eigenvalue weighted by atomic mass is 16.5. The van der Waals surface area contributed by atoms with E-state index in [4.69, 9.17) is 9.84 Å². The van der Waals surface area contributed by atoms with E-state index in [0.717, 1.165) is 45.4 Å². The van der Waals surface area contributed by atoms with Crippen LogP contribution in [0, 0.1) is 13.8 Å². The maximum absolute atomic E-state index is 6.07. The summed E-state index contributed by atoms with van der Waals surface area (Å²) in [5, 5.41) is 8.18. The van der Waals surface area contributed by atoms with Crippen molar-refractivity contribution in [1.82, 2.24) is 15.1 Å². The molecule has 2 heterocycles. The van der Waals surface area contributed by atoms with Gasteiger partial charge in [-0.2, -0.15) is 5.10 Å². The van der Waals surface area contributed by atoms with E-state index in [1.807, 2.05) is 0 Å². The lowest BCUT2D eigenvalue weighted by atomic mass is 9.83. The van der Waals surface area contributed by atoms with Crippen LogP contribution in [0.3, 0.4) is 0 Å². The van der Waals surface area contributed by atoms with Crippen LogP contribution in [0.15, 0.2) is 36.4 Å². The van der Waals surface area contributed by atoms with E-state index in [1.165, 1.54) is 50.3 Å². The van der Waals surface area contributed by atoms with Gasteiger partial charge in [-0.05, 0) is 79.8 Å². The summed E-state index contributed by atoms with van der Waals surface area (Å²) < 4.78 is 6.07. The van der Waals surface area contributed by atoms with E-state index in [1.54, 1.807) is 0 Å². The minimum absolute atomic E-state index is 0.147. The number of aromatic nitrogens is 2. The van der Waals surface area contributed by atoms with Crippen molar-refractivity contribution < 1.29 is 4.74 Å². The molecule has 2 aromatic carbocycles. The zero-order valence-electron chi connectivity index (χ0n) is 21.9. The molecule has 0 saturated carbocycles. The van der Waals surface area contributed by atoms with E-state index in [9.17, 15) is 0 Å². The fourth-order valence-electron chi connectivity index (χ4n) is 5.79. The number of H-pyrrole nitrogens is 1. The molecule has 2 atom stereocenters. The molecule has 0 bridgehead atoms. The molecule has 1 aliphatic rings. The van der Waals surface area contributed by atoms with Crippen molar-refractivity contribution in [3.8, 4) is 0 Å². The van der Waals surface area contributed by atoms with Gasteiger partial charge >= 0.3 is 0 Å². The van der Waals surface area contributed by atoms with Crippen molar-refractivity contribution in [2.75, 3.05) is 13.2 Å². The Kier molecular flexibility index (Phi) is 7.90. The second-order valence-corrected chi connectivity index (χ2v) is 9.63. The van der Waals surface area contributed by atoms with Gasteiger partial charge in [0.25, 0.3) is 0 Å². The van der Waals surface area contributed by atoms with Crippen LogP contribution in [0.1, 0.15) is 84.1 Å². The minimum Gasteiger partial charge on any atom is -0.380 e. The molecule has 1 aromatic heterocycles. The molecule has 1 N–H and O–H groups in total. The number of hydrogen-bond donors (Lipinski definition) is 1. The molecule has 4 nitrogen and oxygen atoms in total. The van der Waals surface area contributed by atoms with Gasteiger partial charge in [0.2, 0.25) is 0 Å². The van der Waals surface area contributed by atoms with Gasteiger partial charge in [-0.3, -0.25) is 10.00 Å². The number of nitrogens with one attached hydrogen (secondary N) is 1. The van der Waals surface area contributed by atoms with E-state index < -0.39 is 0 Å². The summed E-state index contributed by atoms with van der Waals surface area (Å²) in [6, 6.07) is 14.2. The number of ether oxygens (including phenoxy) is 1. The number of hydrogen-bond acceptors (Lipinski definition) is 3. The van der Waals surface area contributed by atoms with Gasteiger partial charge in [0, 0.05) is 30.5 Å².